The first kappa shape index (κ1) is 14.3. The fourth-order valence-electron chi connectivity index (χ4n) is 2.00. The predicted octanol–water partition coefficient (Wildman–Crippen LogP) is 2.05. The normalized spacial score (nSPS) is 15.2. The molecule has 106 valence electrons. The Balaban J connectivity index is 1.80. The molecule has 4 nitrogen and oxygen atoms in total. The maximum atomic E-state index is 5.87. The number of aromatic nitrogens is 1. The van der Waals surface area contributed by atoms with Gasteiger partial charge >= 0.3 is 0 Å². The van der Waals surface area contributed by atoms with Crippen LogP contribution < -0.4 is 10.1 Å². The monoisotopic (exact) mass is 263 g/mol. The van der Waals surface area contributed by atoms with Gasteiger partial charge in [-0.2, -0.15) is 0 Å². The van der Waals surface area contributed by atoms with Gasteiger partial charge < -0.3 is 15.0 Å². The molecule has 1 aromatic rings. The molecule has 1 aliphatic rings. The molecular formula is C15H25N3O. The average molecular weight is 263 g/mol. The van der Waals surface area contributed by atoms with Crippen LogP contribution in [-0.2, 0) is 6.54 Å². The molecule has 0 bridgehead atoms. The van der Waals surface area contributed by atoms with E-state index in [1.54, 1.807) is 0 Å². The lowest BCUT2D eigenvalue weighted by Gasteiger charge is -2.17. The van der Waals surface area contributed by atoms with E-state index < -0.39 is 0 Å². The van der Waals surface area contributed by atoms with E-state index in [1.165, 1.54) is 18.4 Å². The van der Waals surface area contributed by atoms with Crippen LogP contribution in [0.3, 0.4) is 0 Å². The highest BCUT2D eigenvalue weighted by molar-refractivity contribution is 5.29. The van der Waals surface area contributed by atoms with Crippen molar-refractivity contribution < 1.29 is 4.74 Å². The van der Waals surface area contributed by atoms with Crippen molar-refractivity contribution in [1.82, 2.24) is 15.2 Å². The second-order valence-corrected chi connectivity index (χ2v) is 5.58. The van der Waals surface area contributed by atoms with Crippen molar-refractivity contribution in [2.75, 3.05) is 20.2 Å². The largest absolute Gasteiger partial charge is 0.490 e. The van der Waals surface area contributed by atoms with Crippen molar-refractivity contribution in [3.05, 3.63) is 24.0 Å². The van der Waals surface area contributed by atoms with Crippen LogP contribution in [0.5, 0.6) is 5.75 Å². The van der Waals surface area contributed by atoms with Gasteiger partial charge in [-0.1, -0.05) is 13.8 Å². The standard InChI is InChI=1S/C15H25N3O/c1-12(2)17-10-13-6-7-16-11-15(13)19-9-8-18(3)14-4-5-14/h6-7,11-12,14,17H,4-5,8-10H2,1-3H3. The summed E-state index contributed by atoms with van der Waals surface area (Å²) in [5.74, 6) is 0.903. The van der Waals surface area contributed by atoms with Crippen molar-refractivity contribution in [2.45, 2.75) is 45.3 Å². The van der Waals surface area contributed by atoms with Crippen LogP contribution in [-0.4, -0.2) is 42.2 Å². The van der Waals surface area contributed by atoms with Crippen molar-refractivity contribution in [2.24, 2.45) is 0 Å². The number of hydrogen-bond acceptors (Lipinski definition) is 4. The number of nitrogens with one attached hydrogen (secondary N) is 1. The molecule has 0 atom stereocenters. The van der Waals surface area contributed by atoms with Crippen LogP contribution in [0, 0.1) is 0 Å². The topological polar surface area (TPSA) is 37.4 Å². The lowest BCUT2D eigenvalue weighted by Crippen LogP contribution is -2.26. The van der Waals surface area contributed by atoms with Crippen molar-refractivity contribution >= 4 is 0 Å². The van der Waals surface area contributed by atoms with Gasteiger partial charge in [0.25, 0.3) is 0 Å². The maximum absolute atomic E-state index is 5.87. The molecular weight excluding hydrogens is 238 g/mol. The van der Waals surface area contributed by atoms with Gasteiger partial charge in [-0.15, -0.1) is 0 Å². The molecule has 2 rings (SSSR count). The third-order valence-electron chi connectivity index (χ3n) is 3.44. The van der Waals surface area contributed by atoms with E-state index in [1.807, 2.05) is 18.5 Å². The number of likely N-dealkylation sites (N-methyl/N-ethyl adjacent to an activating group) is 1. The Kier molecular flexibility index (Phi) is 5.16. The molecule has 0 radical (unpaired) electrons. The predicted molar refractivity (Wildman–Crippen MR) is 77.4 cm³/mol. The molecule has 0 spiro atoms. The highest BCUT2D eigenvalue weighted by Gasteiger charge is 2.25. The van der Waals surface area contributed by atoms with E-state index in [0.29, 0.717) is 6.04 Å². The maximum Gasteiger partial charge on any atom is 0.142 e. The van der Waals surface area contributed by atoms with Gasteiger partial charge in [0.2, 0.25) is 0 Å². The summed E-state index contributed by atoms with van der Waals surface area (Å²) in [6.45, 7) is 6.83. The second kappa shape index (κ2) is 6.87. The molecule has 0 amide bonds. The molecule has 0 aliphatic heterocycles. The number of nitrogens with zero attached hydrogens (tertiary/aromatic N) is 2. The molecule has 4 heteroatoms. The van der Waals surface area contributed by atoms with Gasteiger partial charge in [-0.05, 0) is 26.0 Å². The Bertz CT molecular complexity index is 391. The first-order chi connectivity index (χ1) is 9.16. The molecule has 0 aromatic carbocycles. The summed E-state index contributed by atoms with van der Waals surface area (Å²) in [5, 5.41) is 3.41. The summed E-state index contributed by atoms with van der Waals surface area (Å²) in [6.07, 6.45) is 6.31. The first-order valence-electron chi connectivity index (χ1n) is 7.16. The zero-order chi connectivity index (χ0) is 13.7. The average Bonchev–Trinajstić information content (AvgIpc) is 3.21. The number of pyridine rings is 1. The number of hydrogen-bond donors (Lipinski definition) is 1. The van der Waals surface area contributed by atoms with E-state index in [9.17, 15) is 0 Å². The SMILES string of the molecule is CC(C)NCc1ccncc1OCCN(C)C1CC1. The van der Waals surface area contributed by atoms with Crippen molar-refractivity contribution in [1.29, 1.82) is 0 Å². The lowest BCUT2D eigenvalue weighted by molar-refractivity contribution is 0.229. The Morgan fingerprint density at radius 2 is 2.26 bits per heavy atom. The van der Waals surface area contributed by atoms with Gasteiger partial charge in [-0.25, -0.2) is 0 Å². The Morgan fingerprint density at radius 3 is 2.95 bits per heavy atom. The minimum Gasteiger partial charge on any atom is -0.490 e. The smallest absolute Gasteiger partial charge is 0.142 e. The van der Waals surface area contributed by atoms with Crippen LogP contribution in [0.15, 0.2) is 18.5 Å². The first-order valence-corrected chi connectivity index (χ1v) is 7.16. The van der Waals surface area contributed by atoms with Crippen molar-refractivity contribution in [3.8, 4) is 5.75 Å². The zero-order valence-electron chi connectivity index (χ0n) is 12.2. The third kappa shape index (κ3) is 4.80. The fourth-order valence-corrected chi connectivity index (χ4v) is 2.00. The van der Waals surface area contributed by atoms with E-state index in [4.69, 9.17) is 4.74 Å². The minimum atomic E-state index is 0.474. The summed E-state index contributed by atoms with van der Waals surface area (Å²) in [6, 6.07) is 3.29. The fraction of sp³-hybridized carbons (Fsp3) is 0.667. The van der Waals surface area contributed by atoms with Crippen LogP contribution >= 0.6 is 0 Å². The highest BCUT2D eigenvalue weighted by Crippen LogP contribution is 2.25. The Hall–Kier alpha value is -1.13. The van der Waals surface area contributed by atoms with Gasteiger partial charge in [0, 0.05) is 36.9 Å². The van der Waals surface area contributed by atoms with Gasteiger partial charge in [-0.3, -0.25) is 4.98 Å². The third-order valence-corrected chi connectivity index (χ3v) is 3.44. The van der Waals surface area contributed by atoms with Gasteiger partial charge in [0.05, 0.1) is 6.20 Å². The van der Waals surface area contributed by atoms with Crippen LogP contribution in [0.25, 0.3) is 0 Å². The van der Waals surface area contributed by atoms with E-state index in [-0.39, 0.29) is 0 Å². The second-order valence-electron chi connectivity index (χ2n) is 5.58. The quantitative estimate of drug-likeness (QED) is 0.779. The molecule has 0 saturated heterocycles. The highest BCUT2D eigenvalue weighted by atomic mass is 16.5. The molecule has 1 saturated carbocycles. The Labute approximate surface area is 116 Å². The summed E-state index contributed by atoms with van der Waals surface area (Å²) >= 11 is 0. The summed E-state index contributed by atoms with van der Waals surface area (Å²) in [7, 11) is 2.17. The van der Waals surface area contributed by atoms with Gasteiger partial charge in [0.1, 0.15) is 12.4 Å². The molecule has 19 heavy (non-hydrogen) atoms. The number of ether oxygens (including phenoxy) is 1. The molecule has 1 N–H and O–H groups in total. The summed E-state index contributed by atoms with van der Waals surface area (Å²) < 4.78 is 5.87. The Morgan fingerprint density at radius 1 is 1.47 bits per heavy atom. The molecule has 1 fully saturated rings. The zero-order valence-corrected chi connectivity index (χ0v) is 12.2. The van der Waals surface area contributed by atoms with Crippen LogP contribution in [0.4, 0.5) is 0 Å². The molecule has 1 heterocycles. The van der Waals surface area contributed by atoms with E-state index >= 15 is 0 Å². The minimum absolute atomic E-state index is 0.474. The van der Waals surface area contributed by atoms with Gasteiger partial charge in [0.15, 0.2) is 0 Å². The number of rotatable bonds is 8. The van der Waals surface area contributed by atoms with Crippen LogP contribution in [0.2, 0.25) is 0 Å². The lowest BCUT2D eigenvalue weighted by atomic mass is 10.2. The summed E-state index contributed by atoms with van der Waals surface area (Å²) in [4.78, 5) is 6.53. The van der Waals surface area contributed by atoms with E-state index in [2.05, 4.69) is 36.1 Å². The summed E-state index contributed by atoms with van der Waals surface area (Å²) in [5.41, 5.74) is 1.18. The molecule has 0 unspecified atom stereocenters. The molecule has 1 aromatic heterocycles. The molecule has 1 aliphatic carbocycles. The van der Waals surface area contributed by atoms with Crippen LogP contribution in [0.1, 0.15) is 32.3 Å². The van der Waals surface area contributed by atoms with Crippen molar-refractivity contribution in [3.63, 3.8) is 0 Å². The van der Waals surface area contributed by atoms with E-state index in [0.717, 1.165) is 31.5 Å².